The molecule has 3 aromatic rings. The molecule has 6 heteroatoms. The van der Waals surface area contributed by atoms with Gasteiger partial charge in [-0.2, -0.15) is 0 Å². The average molecular weight is 351 g/mol. The van der Waals surface area contributed by atoms with Crippen LogP contribution in [0.15, 0.2) is 48.5 Å². The Labute approximate surface area is 151 Å². The minimum Gasteiger partial charge on any atom is -0.497 e. The molecule has 1 aliphatic rings. The summed E-state index contributed by atoms with van der Waals surface area (Å²) in [4.78, 5) is 9.44. The summed E-state index contributed by atoms with van der Waals surface area (Å²) in [6.45, 7) is 1.80. The number of fused-ring (bicyclic) bond motifs is 1. The highest BCUT2D eigenvalue weighted by Crippen LogP contribution is 2.30. The van der Waals surface area contributed by atoms with Crippen LogP contribution in [0, 0.1) is 5.41 Å². The van der Waals surface area contributed by atoms with E-state index in [4.69, 9.17) is 19.4 Å². The van der Waals surface area contributed by atoms with Crippen LogP contribution in [0.2, 0.25) is 0 Å². The first-order valence-corrected chi connectivity index (χ1v) is 8.57. The van der Waals surface area contributed by atoms with E-state index in [0.29, 0.717) is 25.6 Å². The minimum absolute atomic E-state index is 0.0890. The van der Waals surface area contributed by atoms with Gasteiger partial charge in [0.2, 0.25) is 0 Å². The normalized spacial score (nSPS) is 15.5. The van der Waals surface area contributed by atoms with Crippen LogP contribution in [0.5, 0.6) is 5.75 Å². The molecule has 0 amide bonds. The van der Waals surface area contributed by atoms with Crippen LogP contribution in [-0.4, -0.2) is 48.5 Å². The number of nitrogens with one attached hydrogen (secondary N) is 1. The lowest BCUT2D eigenvalue weighted by molar-refractivity contribution is -0.128. The average Bonchev–Trinajstić information content (AvgIpc) is 2.67. The molecule has 1 aliphatic heterocycles. The van der Waals surface area contributed by atoms with Crippen molar-refractivity contribution in [3.05, 3.63) is 48.5 Å². The highest BCUT2D eigenvalue weighted by molar-refractivity contribution is 5.90. The standard InChI is InChI=1S/C20H21N3O3/c1-25-15-6-4-5-14(9-15)18-22-17-8-3-2-7-16(17)19(23-18)21-10-20(11-24)12-26-13-20/h2-9,24H,10-13H2,1H3,(H,21,22,23). The fraction of sp³-hybridized carbons (Fsp3) is 0.300. The number of anilines is 1. The predicted octanol–water partition coefficient (Wildman–Crippen LogP) is 2.73. The summed E-state index contributed by atoms with van der Waals surface area (Å²) in [7, 11) is 1.64. The van der Waals surface area contributed by atoms with E-state index in [1.807, 2.05) is 48.5 Å². The molecule has 1 fully saturated rings. The quantitative estimate of drug-likeness (QED) is 0.711. The zero-order chi connectivity index (χ0) is 18.0. The van der Waals surface area contributed by atoms with Crippen molar-refractivity contribution in [2.24, 2.45) is 5.41 Å². The monoisotopic (exact) mass is 351 g/mol. The van der Waals surface area contributed by atoms with E-state index >= 15 is 0 Å². The molecule has 1 aromatic heterocycles. The lowest BCUT2D eigenvalue weighted by Crippen LogP contribution is -2.50. The van der Waals surface area contributed by atoms with Crippen molar-refractivity contribution in [2.45, 2.75) is 0 Å². The molecule has 2 N–H and O–H groups in total. The van der Waals surface area contributed by atoms with Crippen molar-refractivity contribution in [2.75, 3.05) is 38.8 Å². The van der Waals surface area contributed by atoms with Crippen molar-refractivity contribution >= 4 is 16.7 Å². The van der Waals surface area contributed by atoms with E-state index in [1.54, 1.807) is 7.11 Å². The van der Waals surface area contributed by atoms with Crippen molar-refractivity contribution in [3.63, 3.8) is 0 Å². The second kappa shape index (κ2) is 6.90. The van der Waals surface area contributed by atoms with Gasteiger partial charge in [0.25, 0.3) is 0 Å². The van der Waals surface area contributed by atoms with Crippen molar-refractivity contribution in [1.29, 1.82) is 0 Å². The summed E-state index contributed by atoms with van der Waals surface area (Å²) in [5.74, 6) is 2.15. The number of hydrogen-bond donors (Lipinski definition) is 2. The summed E-state index contributed by atoms with van der Waals surface area (Å²) in [5.41, 5.74) is 1.52. The first-order valence-electron chi connectivity index (χ1n) is 8.57. The highest BCUT2D eigenvalue weighted by Gasteiger charge is 2.38. The Morgan fingerprint density at radius 1 is 1.15 bits per heavy atom. The van der Waals surface area contributed by atoms with Gasteiger partial charge in [-0.05, 0) is 24.3 Å². The Balaban J connectivity index is 1.73. The minimum atomic E-state index is -0.234. The van der Waals surface area contributed by atoms with Gasteiger partial charge in [-0.25, -0.2) is 9.97 Å². The summed E-state index contributed by atoms with van der Waals surface area (Å²) in [6.07, 6.45) is 0. The number of benzene rings is 2. The van der Waals surface area contributed by atoms with E-state index < -0.39 is 0 Å². The molecule has 0 spiro atoms. The van der Waals surface area contributed by atoms with Crippen LogP contribution >= 0.6 is 0 Å². The molecule has 0 bridgehead atoms. The number of methoxy groups -OCH3 is 1. The van der Waals surface area contributed by atoms with E-state index in [0.717, 1.165) is 28.0 Å². The Hall–Kier alpha value is -2.70. The van der Waals surface area contributed by atoms with Crippen LogP contribution < -0.4 is 10.1 Å². The van der Waals surface area contributed by atoms with Crippen molar-refractivity contribution < 1.29 is 14.6 Å². The Morgan fingerprint density at radius 3 is 2.73 bits per heavy atom. The molecule has 2 heterocycles. The summed E-state index contributed by atoms with van der Waals surface area (Å²) < 4.78 is 10.6. The third kappa shape index (κ3) is 3.09. The van der Waals surface area contributed by atoms with E-state index in [9.17, 15) is 5.11 Å². The third-order valence-corrected chi connectivity index (χ3v) is 4.71. The summed E-state index contributed by atoms with van der Waals surface area (Å²) >= 11 is 0. The van der Waals surface area contributed by atoms with Gasteiger partial charge < -0.3 is 19.9 Å². The molecule has 0 unspecified atom stereocenters. The van der Waals surface area contributed by atoms with E-state index in [1.165, 1.54) is 0 Å². The Morgan fingerprint density at radius 2 is 2.00 bits per heavy atom. The van der Waals surface area contributed by atoms with Crippen LogP contribution in [0.1, 0.15) is 0 Å². The molecule has 6 nitrogen and oxygen atoms in total. The van der Waals surface area contributed by atoms with Crippen LogP contribution in [0.25, 0.3) is 22.3 Å². The summed E-state index contributed by atoms with van der Waals surface area (Å²) in [6, 6.07) is 15.6. The molecule has 1 saturated heterocycles. The molecule has 0 aliphatic carbocycles. The Kier molecular flexibility index (Phi) is 4.44. The van der Waals surface area contributed by atoms with E-state index in [-0.39, 0.29) is 12.0 Å². The number of aliphatic hydroxyl groups excluding tert-OH is 1. The predicted molar refractivity (Wildman–Crippen MR) is 100 cm³/mol. The maximum Gasteiger partial charge on any atom is 0.162 e. The molecular weight excluding hydrogens is 330 g/mol. The maximum atomic E-state index is 9.65. The number of hydrogen-bond acceptors (Lipinski definition) is 6. The molecule has 0 radical (unpaired) electrons. The van der Waals surface area contributed by atoms with Gasteiger partial charge in [0.1, 0.15) is 11.6 Å². The molecule has 2 aromatic carbocycles. The van der Waals surface area contributed by atoms with Gasteiger partial charge in [-0.3, -0.25) is 0 Å². The number of ether oxygens (including phenoxy) is 2. The SMILES string of the molecule is COc1cccc(-c2nc(NCC3(CO)COC3)c3ccccc3n2)c1. The molecule has 0 saturated carbocycles. The van der Waals surface area contributed by atoms with Gasteiger partial charge in [-0.15, -0.1) is 0 Å². The Bertz CT molecular complexity index is 920. The first-order chi connectivity index (χ1) is 12.7. The smallest absolute Gasteiger partial charge is 0.162 e. The number of aliphatic hydroxyl groups is 1. The molecular formula is C20H21N3O3. The first kappa shape index (κ1) is 16.8. The van der Waals surface area contributed by atoms with Gasteiger partial charge in [0.05, 0.1) is 37.9 Å². The lowest BCUT2D eigenvalue weighted by atomic mass is 9.87. The van der Waals surface area contributed by atoms with Crippen LogP contribution in [0.3, 0.4) is 0 Å². The molecule has 26 heavy (non-hydrogen) atoms. The third-order valence-electron chi connectivity index (χ3n) is 4.71. The zero-order valence-corrected chi connectivity index (χ0v) is 14.6. The van der Waals surface area contributed by atoms with Gasteiger partial charge >= 0.3 is 0 Å². The second-order valence-corrected chi connectivity index (χ2v) is 6.65. The van der Waals surface area contributed by atoms with Gasteiger partial charge in [0.15, 0.2) is 5.82 Å². The largest absolute Gasteiger partial charge is 0.497 e. The topological polar surface area (TPSA) is 76.5 Å². The zero-order valence-electron chi connectivity index (χ0n) is 14.6. The molecule has 134 valence electrons. The van der Waals surface area contributed by atoms with E-state index in [2.05, 4.69) is 5.32 Å². The highest BCUT2D eigenvalue weighted by atomic mass is 16.5. The second-order valence-electron chi connectivity index (χ2n) is 6.65. The van der Waals surface area contributed by atoms with Crippen molar-refractivity contribution in [3.8, 4) is 17.1 Å². The molecule has 4 rings (SSSR count). The van der Waals surface area contributed by atoms with Gasteiger partial charge in [0, 0.05) is 17.5 Å². The fourth-order valence-electron chi connectivity index (χ4n) is 3.01. The van der Waals surface area contributed by atoms with Crippen LogP contribution in [0.4, 0.5) is 5.82 Å². The number of rotatable bonds is 6. The number of nitrogens with zero attached hydrogens (tertiary/aromatic N) is 2. The maximum absolute atomic E-state index is 9.65. The van der Waals surface area contributed by atoms with Crippen molar-refractivity contribution in [1.82, 2.24) is 9.97 Å². The number of para-hydroxylation sites is 1. The lowest BCUT2D eigenvalue weighted by Gasteiger charge is -2.40. The fourth-order valence-corrected chi connectivity index (χ4v) is 3.01. The van der Waals surface area contributed by atoms with Crippen LogP contribution in [-0.2, 0) is 4.74 Å². The summed E-state index contributed by atoms with van der Waals surface area (Å²) in [5, 5.41) is 14.0. The van der Waals surface area contributed by atoms with Gasteiger partial charge in [-0.1, -0.05) is 24.3 Å². The molecule has 0 atom stereocenters. The number of aromatic nitrogens is 2.